The molecule has 1 aliphatic rings. The molecule has 0 saturated carbocycles. The van der Waals surface area contributed by atoms with Crippen LogP contribution in [0.4, 0.5) is 0 Å². The summed E-state index contributed by atoms with van der Waals surface area (Å²) in [5.74, 6) is 0.932. The van der Waals surface area contributed by atoms with Crippen molar-refractivity contribution in [1.29, 1.82) is 0 Å². The monoisotopic (exact) mass is 248 g/mol. The van der Waals surface area contributed by atoms with Crippen molar-refractivity contribution in [2.45, 2.75) is 31.8 Å². The molecule has 1 fully saturated rings. The van der Waals surface area contributed by atoms with E-state index in [9.17, 15) is 0 Å². The van der Waals surface area contributed by atoms with Gasteiger partial charge in [0, 0.05) is 18.6 Å². The molecule has 1 N–H and O–H groups in total. The minimum absolute atomic E-state index is 0.372. The molecule has 1 aromatic rings. The highest BCUT2D eigenvalue weighted by atomic mass is 16.5. The third kappa shape index (κ3) is 3.47. The molecular formula is C15H24N2O. The van der Waals surface area contributed by atoms with Gasteiger partial charge in [0.15, 0.2) is 0 Å². The summed E-state index contributed by atoms with van der Waals surface area (Å²) < 4.78 is 5.28. The van der Waals surface area contributed by atoms with E-state index in [4.69, 9.17) is 4.74 Å². The van der Waals surface area contributed by atoms with Crippen LogP contribution in [0.15, 0.2) is 24.3 Å². The van der Waals surface area contributed by atoms with Crippen LogP contribution < -0.4 is 10.1 Å². The maximum absolute atomic E-state index is 5.28. The fourth-order valence-corrected chi connectivity index (χ4v) is 2.66. The molecule has 0 bridgehead atoms. The third-order valence-electron chi connectivity index (χ3n) is 3.70. The van der Waals surface area contributed by atoms with E-state index < -0.39 is 0 Å². The summed E-state index contributed by atoms with van der Waals surface area (Å²) in [5, 5.41) is 3.72. The summed E-state index contributed by atoms with van der Waals surface area (Å²) in [7, 11) is 3.91. The number of piperidine rings is 1. The summed E-state index contributed by atoms with van der Waals surface area (Å²) >= 11 is 0. The van der Waals surface area contributed by atoms with Gasteiger partial charge in [-0.1, -0.05) is 12.1 Å². The number of likely N-dealkylation sites (N-methyl/N-ethyl adjacent to an activating group) is 1. The van der Waals surface area contributed by atoms with Crippen molar-refractivity contribution in [2.75, 3.05) is 27.2 Å². The van der Waals surface area contributed by atoms with Gasteiger partial charge in [-0.05, 0) is 51.1 Å². The molecule has 0 spiro atoms. The average Bonchev–Trinajstić information content (AvgIpc) is 2.39. The quantitative estimate of drug-likeness (QED) is 0.885. The minimum Gasteiger partial charge on any atom is -0.497 e. The highest BCUT2D eigenvalue weighted by Gasteiger charge is 2.19. The first kappa shape index (κ1) is 13.4. The molecular weight excluding hydrogens is 224 g/mol. The molecule has 0 aliphatic carbocycles. The second kappa shape index (κ2) is 6.21. The zero-order valence-corrected chi connectivity index (χ0v) is 11.6. The van der Waals surface area contributed by atoms with Crippen LogP contribution in [0.25, 0.3) is 0 Å². The molecule has 0 aromatic heterocycles. The van der Waals surface area contributed by atoms with Crippen LogP contribution in [0.2, 0.25) is 0 Å². The zero-order chi connectivity index (χ0) is 13.0. The fourth-order valence-electron chi connectivity index (χ4n) is 2.66. The first-order valence-corrected chi connectivity index (χ1v) is 6.77. The van der Waals surface area contributed by atoms with Crippen molar-refractivity contribution in [3.05, 3.63) is 29.8 Å². The topological polar surface area (TPSA) is 24.5 Å². The van der Waals surface area contributed by atoms with Crippen LogP contribution in [0.5, 0.6) is 5.75 Å². The Balaban J connectivity index is 1.95. The first-order valence-electron chi connectivity index (χ1n) is 6.77. The molecule has 1 heterocycles. The Morgan fingerprint density at radius 1 is 1.44 bits per heavy atom. The van der Waals surface area contributed by atoms with Gasteiger partial charge in [0.25, 0.3) is 0 Å². The van der Waals surface area contributed by atoms with E-state index in [0.717, 1.165) is 12.3 Å². The predicted octanol–water partition coefficient (Wildman–Crippen LogP) is 2.44. The first-order chi connectivity index (χ1) is 8.69. The summed E-state index contributed by atoms with van der Waals surface area (Å²) in [5.41, 5.74) is 1.29. The molecule has 3 heteroatoms. The maximum atomic E-state index is 5.28. The van der Waals surface area contributed by atoms with Crippen LogP contribution in [0.3, 0.4) is 0 Å². The summed E-state index contributed by atoms with van der Waals surface area (Å²) in [4.78, 5) is 2.40. The smallest absolute Gasteiger partial charge is 0.119 e. The lowest BCUT2D eigenvalue weighted by atomic mass is 10.0. The molecule has 0 radical (unpaired) electrons. The number of nitrogens with zero attached hydrogens (tertiary/aromatic N) is 1. The van der Waals surface area contributed by atoms with Gasteiger partial charge < -0.3 is 15.0 Å². The number of ether oxygens (including phenoxy) is 1. The summed E-state index contributed by atoms with van der Waals surface area (Å²) in [6.07, 6.45) is 2.57. The Morgan fingerprint density at radius 2 is 2.28 bits per heavy atom. The standard InChI is InChI=1S/C15H24N2O/c1-12(13-6-4-8-15(10-13)18-3)16-14-7-5-9-17(2)11-14/h4,6,8,10,12,14,16H,5,7,9,11H2,1-3H3/t12-,14?/m1/s1. The van der Waals surface area contributed by atoms with Crippen LogP contribution in [-0.4, -0.2) is 38.2 Å². The number of methoxy groups -OCH3 is 1. The number of rotatable bonds is 4. The molecule has 18 heavy (non-hydrogen) atoms. The Hall–Kier alpha value is -1.06. The Morgan fingerprint density at radius 3 is 3.00 bits per heavy atom. The van der Waals surface area contributed by atoms with Crippen LogP contribution >= 0.6 is 0 Å². The van der Waals surface area contributed by atoms with Gasteiger partial charge >= 0.3 is 0 Å². The van der Waals surface area contributed by atoms with Crippen molar-refractivity contribution in [3.63, 3.8) is 0 Å². The molecule has 0 amide bonds. The molecule has 3 nitrogen and oxygen atoms in total. The molecule has 1 saturated heterocycles. The largest absolute Gasteiger partial charge is 0.497 e. The molecule has 2 atom stereocenters. The number of hydrogen-bond donors (Lipinski definition) is 1. The maximum Gasteiger partial charge on any atom is 0.119 e. The van der Waals surface area contributed by atoms with Crippen molar-refractivity contribution in [2.24, 2.45) is 0 Å². The normalized spacial score (nSPS) is 22.7. The Labute approximate surface area is 110 Å². The lowest BCUT2D eigenvalue weighted by Crippen LogP contribution is -2.44. The van der Waals surface area contributed by atoms with Gasteiger partial charge in [-0.2, -0.15) is 0 Å². The summed E-state index contributed by atoms with van der Waals surface area (Å²) in [6, 6.07) is 9.29. The number of benzene rings is 1. The van der Waals surface area contributed by atoms with Gasteiger partial charge in [-0.15, -0.1) is 0 Å². The van der Waals surface area contributed by atoms with E-state index in [0.29, 0.717) is 12.1 Å². The van der Waals surface area contributed by atoms with Gasteiger partial charge in [-0.3, -0.25) is 0 Å². The molecule has 1 unspecified atom stereocenters. The van der Waals surface area contributed by atoms with Gasteiger partial charge in [0.2, 0.25) is 0 Å². The number of nitrogens with one attached hydrogen (secondary N) is 1. The molecule has 100 valence electrons. The highest BCUT2D eigenvalue weighted by Crippen LogP contribution is 2.20. The van der Waals surface area contributed by atoms with E-state index in [2.05, 4.69) is 42.4 Å². The average molecular weight is 248 g/mol. The third-order valence-corrected chi connectivity index (χ3v) is 3.70. The van der Waals surface area contributed by atoms with Crippen molar-refractivity contribution in [3.8, 4) is 5.75 Å². The highest BCUT2D eigenvalue weighted by molar-refractivity contribution is 5.30. The number of likely N-dealkylation sites (tertiary alicyclic amines) is 1. The lowest BCUT2D eigenvalue weighted by molar-refractivity contribution is 0.218. The van der Waals surface area contributed by atoms with Crippen molar-refractivity contribution < 1.29 is 4.74 Å². The minimum atomic E-state index is 0.372. The Bertz CT molecular complexity index is 381. The van der Waals surface area contributed by atoms with Crippen molar-refractivity contribution in [1.82, 2.24) is 10.2 Å². The second-order valence-electron chi connectivity index (χ2n) is 5.27. The SMILES string of the molecule is COc1cccc([C@@H](C)NC2CCCN(C)C2)c1. The van der Waals surface area contributed by atoms with Crippen LogP contribution in [-0.2, 0) is 0 Å². The van der Waals surface area contributed by atoms with E-state index in [1.54, 1.807) is 7.11 Å². The van der Waals surface area contributed by atoms with Gasteiger partial charge in [-0.25, -0.2) is 0 Å². The van der Waals surface area contributed by atoms with Crippen LogP contribution in [0.1, 0.15) is 31.4 Å². The fraction of sp³-hybridized carbons (Fsp3) is 0.600. The van der Waals surface area contributed by atoms with Crippen LogP contribution in [0, 0.1) is 0 Å². The van der Waals surface area contributed by atoms with Crippen molar-refractivity contribution >= 4 is 0 Å². The van der Waals surface area contributed by atoms with E-state index in [1.807, 2.05) is 6.07 Å². The van der Waals surface area contributed by atoms with E-state index >= 15 is 0 Å². The van der Waals surface area contributed by atoms with E-state index in [-0.39, 0.29) is 0 Å². The van der Waals surface area contributed by atoms with Gasteiger partial charge in [0.05, 0.1) is 7.11 Å². The van der Waals surface area contributed by atoms with E-state index in [1.165, 1.54) is 24.9 Å². The second-order valence-corrected chi connectivity index (χ2v) is 5.27. The van der Waals surface area contributed by atoms with Gasteiger partial charge in [0.1, 0.15) is 5.75 Å². The molecule has 1 aromatic carbocycles. The molecule has 2 rings (SSSR count). The zero-order valence-electron chi connectivity index (χ0n) is 11.6. The Kier molecular flexibility index (Phi) is 4.61. The predicted molar refractivity (Wildman–Crippen MR) is 75.1 cm³/mol. The lowest BCUT2D eigenvalue weighted by Gasteiger charge is -2.32. The molecule has 1 aliphatic heterocycles. The summed E-state index contributed by atoms with van der Waals surface area (Å²) in [6.45, 7) is 4.60. The number of hydrogen-bond acceptors (Lipinski definition) is 3.